The minimum Gasteiger partial charge on any atom is -0.493 e. The lowest BCUT2D eigenvalue weighted by molar-refractivity contribution is -0.111. The summed E-state index contributed by atoms with van der Waals surface area (Å²) >= 11 is 6.28. The third kappa shape index (κ3) is 5.26. The van der Waals surface area contributed by atoms with E-state index in [9.17, 15) is 4.79 Å². The summed E-state index contributed by atoms with van der Waals surface area (Å²) in [7, 11) is 1.56. The summed E-state index contributed by atoms with van der Waals surface area (Å²) in [6.07, 6.45) is 4.02. The summed E-state index contributed by atoms with van der Waals surface area (Å²) in [4.78, 5) is 12.1. The Morgan fingerprint density at radius 1 is 1.28 bits per heavy atom. The van der Waals surface area contributed by atoms with Gasteiger partial charge in [-0.25, -0.2) is 0 Å². The van der Waals surface area contributed by atoms with Gasteiger partial charge in [-0.1, -0.05) is 36.7 Å². The number of rotatable bonds is 7. The molecular weight excluding hydrogens is 338 g/mol. The van der Waals surface area contributed by atoms with Crippen LogP contribution in [-0.2, 0) is 4.79 Å². The third-order valence-electron chi connectivity index (χ3n) is 3.53. The maximum absolute atomic E-state index is 12.1. The Balaban J connectivity index is 2.13. The van der Waals surface area contributed by atoms with Gasteiger partial charge < -0.3 is 14.8 Å². The van der Waals surface area contributed by atoms with Crippen LogP contribution < -0.4 is 14.8 Å². The summed E-state index contributed by atoms with van der Waals surface area (Å²) < 4.78 is 11.0. The normalized spacial score (nSPS) is 10.7. The van der Waals surface area contributed by atoms with Gasteiger partial charge in [0.15, 0.2) is 11.5 Å². The van der Waals surface area contributed by atoms with Crippen LogP contribution in [0.1, 0.15) is 24.5 Å². The fourth-order valence-electron chi connectivity index (χ4n) is 2.24. The lowest BCUT2D eigenvalue weighted by Gasteiger charge is -2.12. The van der Waals surface area contributed by atoms with Gasteiger partial charge in [-0.05, 0) is 48.7 Å². The van der Waals surface area contributed by atoms with Gasteiger partial charge in [0.25, 0.3) is 0 Å². The van der Waals surface area contributed by atoms with E-state index >= 15 is 0 Å². The molecule has 0 aliphatic rings. The highest BCUT2D eigenvalue weighted by Gasteiger charge is 2.11. The number of halogens is 1. The molecule has 0 bridgehead atoms. The number of carbonyl (C=O) groups is 1. The van der Waals surface area contributed by atoms with E-state index < -0.39 is 0 Å². The van der Waals surface area contributed by atoms with Crippen LogP contribution in [-0.4, -0.2) is 19.6 Å². The molecule has 1 N–H and O–H groups in total. The minimum absolute atomic E-state index is 0.212. The topological polar surface area (TPSA) is 47.6 Å². The van der Waals surface area contributed by atoms with E-state index in [1.165, 1.54) is 6.08 Å². The molecule has 0 radical (unpaired) electrons. The second-order valence-electron chi connectivity index (χ2n) is 5.52. The molecule has 0 saturated heterocycles. The maximum atomic E-state index is 12.1. The van der Waals surface area contributed by atoms with Gasteiger partial charge in [-0.15, -0.1) is 0 Å². The molecular formula is C20H22ClNO3. The van der Waals surface area contributed by atoms with Crippen molar-refractivity contribution in [1.82, 2.24) is 0 Å². The van der Waals surface area contributed by atoms with Crippen molar-refractivity contribution >= 4 is 29.3 Å². The van der Waals surface area contributed by atoms with Crippen LogP contribution in [0.25, 0.3) is 6.08 Å². The summed E-state index contributed by atoms with van der Waals surface area (Å²) in [6.45, 7) is 4.52. The number of amides is 1. The molecule has 0 saturated carbocycles. The molecule has 2 rings (SSSR count). The number of methoxy groups -OCH3 is 1. The lowest BCUT2D eigenvalue weighted by Crippen LogP contribution is -2.08. The fraction of sp³-hybridized carbons (Fsp3) is 0.250. The molecule has 0 heterocycles. The molecule has 132 valence electrons. The summed E-state index contributed by atoms with van der Waals surface area (Å²) in [5, 5.41) is 3.30. The number of nitrogens with one attached hydrogen (secondary N) is 1. The first-order valence-electron chi connectivity index (χ1n) is 8.10. The van der Waals surface area contributed by atoms with Crippen LogP contribution in [0.15, 0.2) is 42.5 Å². The van der Waals surface area contributed by atoms with Crippen LogP contribution in [0.3, 0.4) is 0 Å². The van der Waals surface area contributed by atoms with Gasteiger partial charge in [-0.3, -0.25) is 4.79 Å². The highest BCUT2D eigenvalue weighted by molar-refractivity contribution is 6.32. The van der Waals surface area contributed by atoms with E-state index in [-0.39, 0.29) is 5.91 Å². The first kappa shape index (κ1) is 18.9. The van der Waals surface area contributed by atoms with E-state index in [2.05, 4.69) is 5.32 Å². The Kier molecular flexibility index (Phi) is 6.90. The quantitative estimate of drug-likeness (QED) is 0.700. The van der Waals surface area contributed by atoms with Gasteiger partial charge in [0.1, 0.15) is 0 Å². The molecule has 5 heteroatoms. The van der Waals surface area contributed by atoms with Crippen molar-refractivity contribution in [3.05, 3.63) is 58.6 Å². The van der Waals surface area contributed by atoms with E-state index in [0.717, 1.165) is 23.2 Å². The monoisotopic (exact) mass is 359 g/mol. The van der Waals surface area contributed by atoms with E-state index in [0.29, 0.717) is 23.1 Å². The molecule has 0 aliphatic heterocycles. The predicted molar refractivity (Wildman–Crippen MR) is 103 cm³/mol. The number of ether oxygens (including phenoxy) is 2. The molecule has 0 aromatic heterocycles. The Hall–Kier alpha value is -2.46. The van der Waals surface area contributed by atoms with Crippen LogP contribution in [0, 0.1) is 6.92 Å². The number of aryl methyl sites for hydroxylation is 1. The average molecular weight is 360 g/mol. The average Bonchev–Trinajstić information content (AvgIpc) is 2.60. The number of para-hydroxylation sites is 1. The molecule has 2 aromatic rings. The zero-order valence-electron chi connectivity index (χ0n) is 14.6. The second-order valence-corrected chi connectivity index (χ2v) is 5.93. The Morgan fingerprint density at radius 3 is 2.72 bits per heavy atom. The first-order valence-corrected chi connectivity index (χ1v) is 8.48. The maximum Gasteiger partial charge on any atom is 0.248 e. The smallest absolute Gasteiger partial charge is 0.248 e. The van der Waals surface area contributed by atoms with E-state index in [4.69, 9.17) is 21.1 Å². The predicted octanol–water partition coefficient (Wildman–Crippen LogP) is 5.10. The number of hydrogen-bond acceptors (Lipinski definition) is 3. The highest BCUT2D eigenvalue weighted by Crippen LogP contribution is 2.36. The third-order valence-corrected chi connectivity index (χ3v) is 3.81. The van der Waals surface area contributed by atoms with Crippen molar-refractivity contribution in [2.45, 2.75) is 20.3 Å². The SMILES string of the molecule is CCCOc1c(Cl)cc(/C=C/C(=O)Nc2ccccc2C)cc1OC. The number of hydrogen-bond donors (Lipinski definition) is 1. The van der Waals surface area contributed by atoms with Gasteiger partial charge in [0.05, 0.1) is 18.7 Å². The molecule has 4 nitrogen and oxygen atoms in total. The Morgan fingerprint density at radius 2 is 2.04 bits per heavy atom. The first-order chi connectivity index (χ1) is 12.0. The zero-order valence-corrected chi connectivity index (χ0v) is 15.4. The highest BCUT2D eigenvalue weighted by atomic mass is 35.5. The number of benzene rings is 2. The van der Waals surface area contributed by atoms with Gasteiger partial charge in [0.2, 0.25) is 5.91 Å². The van der Waals surface area contributed by atoms with Gasteiger partial charge in [-0.2, -0.15) is 0 Å². The van der Waals surface area contributed by atoms with Crippen molar-refractivity contribution in [2.75, 3.05) is 19.0 Å². The number of carbonyl (C=O) groups excluding carboxylic acids is 1. The van der Waals surface area contributed by atoms with E-state index in [1.807, 2.05) is 38.1 Å². The molecule has 0 fully saturated rings. The van der Waals surface area contributed by atoms with Crippen molar-refractivity contribution < 1.29 is 14.3 Å². The fourth-order valence-corrected chi connectivity index (χ4v) is 2.51. The lowest BCUT2D eigenvalue weighted by atomic mass is 10.1. The molecule has 0 spiro atoms. The largest absolute Gasteiger partial charge is 0.493 e. The Bertz CT molecular complexity index is 772. The standard InChI is InChI=1S/C20H22ClNO3/c1-4-11-25-20-16(21)12-15(13-18(20)24-3)9-10-19(23)22-17-8-6-5-7-14(17)2/h5-10,12-13H,4,11H2,1-3H3,(H,22,23)/b10-9+. The molecule has 0 unspecified atom stereocenters. The number of anilines is 1. The molecule has 1 amide bonds. The van der Waals surface area contributed by atoms with Crippen molar-refractivity contribution in [2.24, 2.45) is 0 Å². The van der Waals surface area contributed by atoms with Crippen LogP contribution in [0.4, 0.5) is 5.69 Å². The molecule has 0 aliphatic carbocycles. The molecule has 25 heavy (non-hydrogen) atoms. The van der Waals surface area contributed by atoms with Crippen molar-refractivity contribution in [1.29, 1.82) is 0 Å². The summed E-state index contributed by atoms with van der Waals surface area (Å²) in [5.41, 5.74) is 2.55. The molecule has 2 aromatic carbocycles. The minimum atomic E-state index is -0.212. The van der Waals surface area contributed by atoms with Crippen molar-refractivity contribution in [3.8, 4) is 11.5 Å². The van der Waals surface area contributed by atoms with Gasteiger partial charge in [0, 0.05) is 11.8 Å². The van der Waals surface area contributed by atoms with Crippen LogP contribution >= 0.6 is 11.6 Å². The Labute approximate surface area is 153 Å². The zero-order chi connectivity index (χ0) is 18.2. The summed E-state index contributed by atoms with van der Waals surface area (Å²) in [6, 6.07) is 11.1. The van der Waals surface area contributed by atoms with Gasteiger partial charge >= 0.3 is 0 Å². The molecule has 0 atom stereocenters. The van der Waals surface area contributed by atoms with Crippen LogP contribution in [0.5, 0.6) is 11.5 Å². The summed E-state index contributed by atoms with van der Waals surface area (Å²) in [5.74, 6) is 0.850. The van der Waals surface area contributed by atoms with Crippen molar-refractivity contribution in [3.63, 3.8) is 0 Å². The van der Waals surface area contributed by atoms with E-state index in [1.54, 1.807) is 25.3 Å². The second kappa shape index (κ2) is 9.14. The van der Waals surface area contributed by atoms with Crippen LogP contribution in [0.2, 0.25) is 5.02 Å².